The molecule has 0 spiro atoms. The summed E-state index contributed by atoms with van der Waals surface area (Å²) in [7, 11) is -3.87. The lowest BCUT2D eigenvalue weighted by Gasteiger charge is -2.24. The lowest BCUT2D eigenvalue weighted by Crippen LogP contribution is -2.42. The van der Waals surface area contributed by atoms with Crippen molar-refractivity contribution in [1.29, 1.82) is 0 Å². The van der Waals surface area contributed by atoms with Crippen molar-refractivity contribution in [3.8, 4) is 0 Å². The molecular weight excluding hydrogens is 410 g/mol. The average molecular weight is 430 g/mol. The summed E-state index contributed by atoms with van der Waals surface area (Å²) in [5.74, 6) is -0.445. The van der Waals surface area contributed by atoms with Crippen LogP contribution in [0.15, 0.2) is 34.5 Å². The number of nitrogens with zero attached hydrogens (tertiary/aromatic N) is 2. The van der Waals surface area contributed by atoms with Crippen LogP contribution in [0, 0.1) is 6.92 Å². The van der Waals surface area contributed by atoms with Crippen molar-refractivity contribution in [3.63, 3.8) is 0 Å². The third-order valence-electron chi connectivity index (χ3n) is 4.07. The molecule has 27 heavy (non-hydrogen) atoms. The van der Waals surface area contributed by atoms with Crippen molar-refractivity contribution in [2.24, 2.45) is 0 Å². The highest BCUT2D eigenvalue weighted by atomic mass is 35.5. The first-order chi connectivity index (χ1) is 12.8. The number of hydrogen-bond acceptors (Lipinski definition) is 6. The molecule has 2 aromatic rings. The van der Waals surface area contributed by atoms with E-state index in [0.29, 0.717) is 16.8 Å². The summed E-state index contributed by atoms with van der Waals surface area (Å²) < 4.78 is 32.8. The first-order valence-corrected chi connectivity index (χ1v) is 11.1. The van der Waals surface area contributed by atoms with Crippen molar-refractivity contribution in [3.05, 3.63) is 40.4 Å². The Balaban J connectivity index is 1.79. The fraction of sp³-hybridized carbons (Fsp3) is 0.412. The second-order valence-electron chi connectivity index (χ2n) is 6.23. The number of anilines is 1. The first kappa shape index (κ1) is 20.2. The minimum absolute atomic E-state index is 0.0859. The second-order valence-corrected chi connectivity index (χ2v) is 9.46. The van der Waals surface area contributed by atoms with Gasteiger partial charge in [-0.25, -0.2) is 13.4 Å². The van der Waals surface area contributed by atoms with Gasteiger partial charge in [-0.3, -0.25) is 4.79 Å². The van der Waals surface area contributed by atoms with Crippen LogP contribution in [-0.2, 0) is 19.6 Å². The van der Waals surface area contributed by atoms with Gasteiger partial charge in [0.25, 0.3) is 0 Å². The molecule has 1 aromatic carbocycles. The van der Waals surface area contributed by atoms with Crippen LogP contribution < -0.4 is 5.32 Å². The molecule has 1 aliphatic rings. The van der Waals surface area contributed by atoms with Crippen LogP contribution >= 0.6 is 22.9 Å². The van der Waals surface area contributed by atoms with E-state index in [9.17, 15) is 13.2 Å². The van der Waals surface area contributed by atoms with E-state index in [2.05, 4.69) is 10.3 Å². The Labute approximate surface area is 167 Å². The van der Waals surface area contributed by atoms with E-state index in [1.54, 1.807) is 0 Å². The van der Waals surface area contributed by atoms with E-state index < -0.39 is 15.9 Å². The minimum Gasteiger partial charge on any atom is -0.377 e. The molecule has 2 heterocycles. The molecule has 1 aromatic heterocycles. The van der Waals surface area contributed by atoms with Crippen molar-refractivity contribution in [2.75, 3.05) is 25.0 Å². The first-order valence-electron chi connectivity index (χ1n) is 8.44. The highest BCUT2D eigenvalue weighted by Crippen LogP contribution is 2.22. The molecule has 0 bridgehead atoms. The third-order valence-corrected chi connectivity index (χ3v) is 7.02. The minimum atomic E-state index is -3.87. The maximum atomic E-state index is 13.1. The molecule has 10 heteroatoms. The van der Waals surface area contributed by atoms with Gasteiger partial charge in [0.05, 0.1) is 23.2 Å². The van der Waals surface area contributed by atoms with E-state index in [-0.39, 0.29) is 24.1 Å². The van der Waals surface area contributed by atoms with E-state index in [0.717, 1.165) is 22.8 Å². The zero-order valence-corrected chi connectivity index (χ0v) is 17.1. The van der Waals surface area contributed by atoms with Gasteiger partial charge in [-0.2, -0.15) is 4.31 Å². The summed E-state index contributed by atoms with van der Waals surface area (Å²) in [6, 6.07) is 5.89. The number of carbonyl (C=O) groups is 1. The lowest BCUT2D eigenvalue weighted by atomic mass is 10.2. The summed E-state index contributed by atoms with van der Waals surface area (Å²) >= 11 is 7.15. The number of sulfonamides is 1. The fourth-order valence-electron chi connectivity index (χ4n) is 2.75. The summed E-state index contributed by atoms with van der Waals surface area (Å²) in [5.41, 5.74) is 0.792. The molecule has 0 saturated carbocycles. The molecule has 1 saturated heterocycles. The van der Waals surface area contributed by atoms with Gasteiger partial charge < -0.3 is 10.1 Å². The Morgan fingerprint density at radius 2 is 2.15 bits per heavy atom. The van der Waals surface area contributed by atoms with Crippen LogP contribution in [-0.4, -0.2) is 49.4 Å². The highest BCUT2D eigenvalue weighted by molar-refractivity contribution is 7.89. The Bertz CT molecular complexity index is 893. The number of amides is 1. The van der Waals surface area contributed by atoms with Crippen molar-refractivity contribution in [2.45, 2.75) is 30.8 Å². The van der Waals surface area contributed by atoms with Crippen LogP contribution in [0.3, 0.4) is 0 Å². The molecule has 1 amide bonds. The van der Waals surface area contributed by atoms with E-state index in [1.165, 1.54) is 35.6 Å². The van der Waals surface area contributed by atoms with Gasteiger partial charge in [0.15, 0.2) is 5.13 Å². The predicted octanol–water partition coefficient (Wildman–Crippen LogP) is 2.91. The van der Waals surface area contributed by atoms with E-state index in [4.69, 9.17) is 16.3 Å². The van der Waals surface area contributed by atoms with Crippen LogP contribution in [0.25, 0.3) is 0 Å². The summed E-state index contributed by atoms with van der Waals surface area (Å²) in [6.45, 7) is 2.23. The SMILES string of the molecule is Cc1csc(NC(=O)CN(CC2CCCO2)S(=O)(=O)c2ccc(Cl)cc2)n1. The van der Waals surface area contributed by atoms with Crippen LogP contribution in [0.2, 0.25) is 5.02 Å². The molecule has 1 fully saturated rings. The van der Waals surface area contributed by atoms with E-state index >= 15 is 0 Å². The number of ether oxygens (including phenoxy) is 1. The van der Waals surface area contributed by atoms with Crippen molar-refractivity contribution >= 4 is 44.0 Å². The number of halogens is 1. The second kappa shape index (κ2) is 8.66. The topological polar surface area (TPSA) is 88.6 Å². The Morgan fingerprint density at radius 1 is 1.41 bits per heavy atom. The van der Waals surface area contributed by atoms with Gasteiger partial charge in [-0.05, 0) is 44.0 Å². The van der Waals surface area contributed by atoms with Gasteiger partial charge in [-0.15, -0.1) is 11.3 Å². The maximum absolute atomic E-state index is 13.1. The number of aromatic nitrogens is 1. The third kappa shape index (κ3) is 5.26. The number of rotatable bonds is 7. The molecule has 3 rings (SSSR count). The van der Waals surface area contributed by atoms with Gasteiger partial charge in [0.2, 0.25) is 15.9 Å². The quantitative estimate of drug-likeness (QED) is 0.731. The van der Waals surface area contributed by atoms with Crippen LogP contribution in [0.1, 0.15) is 18.5 Å². The normalized spacial score (nSPS) is 17.4. The number of hydrogen-bond donors (Lipinski definition) is 1. The molecule has 1 atom stereocenters. The fourth-order valence-corrected chi connectivity index (χ4v) is 5.01. The largest absolute Gasteiger partial charge is 0.377 e. The molecule has 146 valence electrons. The van der Waals surface area contributed by atoms with Gasteiger partial charge in [-0.1, -0.05) is 11.6 Å². The smallest absolute Gasteiger partial charge is 0.243 e. The van der Waals surface area contributed by atoms with Gasteiger partial charge in [0, 0.05) is 23.6 Å². The predicted molar refractivity (Wildman–Crippen MR) is 105 cm³/mol. The zero-order chi connectivity index (χ0) is 19.4. The van der Waals surface area contributed by atoms with Gasteiger partial charge in [0.1, 0.15) is 0 Å². The van der Waals surface area contributed by atoms with Crippen molar-refractivity contribution in [1.82, 2.24) is 9.29 Å². The number of benzene rings is 1. The molecule has 0 radical (unpaired) electrons. The van der Waals surface area contributed by atoms with E-state index in [1.807, 2.05) is 12.3 Å². The number of thiazole rings is 1. The average Bonchev–Trinajstić information content (AvgIpc) is 3.26. The number of nitrogens with one attached hydrogen (secondary N) is 1. The zero-order valence-electron chi connectivity index (χ0n) is 14.7. The summed E-state index contributed by atoms with van der Waals surface area (Å²) in [5, 5.41) is 5.35. The highest BCUT2D eigenvalue weighted by Gasteiger charge is 2.31. The Hall–Kier alpha value is -1.52. The maximum Gasteiger partial charge on any atom is 0.243 e. The van der Waals surface area contributed by atoms with Crippen LogP contribution in [0.4, 0.5) is 5.13 Å². The molecule has 7 nitrogen and oxygen atoms in total. The number of aryl methyl sites for hydroxylation is 1. The molecular formula is C17H20ClN3O4S2. The van der Waals surface area contributed by atoms with Crippen molar-refractivity contribution < 1.29 is 17.9 Å². The Morgan fingerprint density at radius 3 is 2.74 bits per heavy atom. The summed E-state index contributed by atoms with van der Waals surface area (Å²) in [6.07, 6.45) is 1.42. The molecule has 1 N–H and O–H groups in total. The number of carbonyl (C=O) groups excluding carboxylic acids is 1. The monoisotopic (exact) mass is 429 g/mol. The standard InChI is InChI=1S/C17H20ClN3O4S2/c1-12-11-26-17(19-12)20-16(22)10-21(9-14-3-2-8-25-14)27(23,24)15-6-4-13(18)5-7-15/h4-7,11,14H,2-3,8-10H2,1H3,(H,19,20,22). The molecule has 1 aliphatic heterocycles. The lowest BCUT2D eigenvalue weighted by molar-refractivity contribution is -0.116. The van der Waals surface area contributed by atoms with Gasteiger partial charge >= 0.3 is 0 Å². The molecule has 0 aliphatic carbocycles. The summed E-state index contributed by atoms with van der Waals surface area (Å²) in [4.78, 5) is 16.7. The van der Waals surface area contributed by atoms with Crippen LogP contribution in [0.5, 0.6) is 0 Å². The Kier molecular flexibility index (Phi) is 6.48. The molecule has 1 unspecified atom stereocenters.